The first kappa shape index (κ1) is 22.0. The van der Waals surface area contributed by atoms with Gasteiger partial charge < -0.3 is 20.5 Å². The molecule has 0 unspecified atom stereocenters. The van der Waals surface area contributed by atoms with Crippen LogP contribution < -0.4 is 15.4 Å². The molecule has 0 fully saturated rings. The van der Waals surface area contributed by atoms with Gasteiger partial charge in [-0.1, -0.05) is 0 Å². The number of carbonyl (C=O) groups is 1. The lowest BCUT2D eigenvalue weighted by Crippen LogP contribution is -2.23. The molecule has 0 atom stereocenters. The zero-order chi connectivity index (χ0) is 22.4. The fraction of sp³-hybridized carbons (Fsp3) is 0.211. The quantitative estimate of drug-likeness (QED) is 0.467. The molecule has 1 amide bonds. The summed E-state index contributed by atoms with van der Waals surface area (Å²) >= 11 is 0. The summed E-state index contributed by atoms with van der Waals surface area (Å²) in [6, 6.07) is 6.38. The van der Waals surface area contributed by atoms with Gasteiger partial charge in [-0.25, -0.2) is 14.1 Å². The topological polar surface area (TPSA) is 101 Å². The number of hydrogen-bond acceptors (Lipinski definition) is 6. The minimum atomic E-state index is -4.61. The van der Waals surface area contributed by atoms with E-state index in [2.05, 4.69) is 20.7 Å². The Morgan fingerprint density at radius 3 is 2.65 bits per heavy atom. The fourth-order valence-electron chi connectivity index (χ4n) is 2.63. The Balaban J connectivity index is 1.77. The van der Waals surface area contributed by atoms with Crippen molar-refractivity contribution in [2.45, 2.75) is 6.18 Å². The molecule has 0 aliphatic carbocycles. The number of nitrogens with one attached hydrogen (secondary N) is 2. The second kappa shape index (κ2) is 9.43. The van der Waals surface area contributed by atoms with Crippen molar-refractivity contribution in [3.8, 4) is 11.4 Å². The average Bonchev–Trinajstić information content (AvgIpc) is 3.25. The highest BCUT2D eigenvalue weighted by molar-refractivity contribution is 5.95. The van der Waals surface area contributed by atoms with Crippen LogP contribution in [0.2, 0.25) is 0 Å². The van der Waals surface area contributed by atoms with E-state index in [4.69, 9.17) is 9.84 Å². The third-order valence-corrected chi connectivity index (χ3v) is 4.00. The first-order valence-electron chi connectivity index (χ1n) is 8.91. The standard InChI is InChI=1S/C19H17F4N5O3/c20-13-2-3-14(17(8-13)31-6-5-29)25-9-18(30)27-15-7-12(19(21,22)23)1-4-16(15)28-11-24-10-26-28/h1-4,7-8,10-11,25,29H,5-6,9H2,(H,27,30). The molecule has 31 heavy (non-hydrogen) atoms. The molecule has 1 aromatic heterocycles. The van der Waals surface area contributed by atoms with Gasteiger partial charge in [0.2, 0.25) is 5.91 Å². The molecular formula is C19H17F4N5O3. The van der Waals surface area contributed by atoms with E-state index in [-0.39, 0.29) is 42.6 Å². The second-order valence-electron chi connectivity index (χ2n) is 6.18. The highest BCUT2D eigenvalue weighted by atomic mass is 19.4. The number of anilines is 2. The molecule has 3 N–H and O–H groups in total. The minimum absolute atomic E-state index is 0.0734. The lowest BCUT2D eigenvalue weighted by Gasteiger charge is -2.16. The normalized spacial score (nSPS) is 11.3. The van der Waals surface area contributed by atoms with Crippen molar-refractivity contribution in [2.24, 2.45) is 0 Å². The van der Waals surface area contributed by atoms with Crippen LogP contribution in [0.1, 0.15) is 5.56 Å². The highest BCUT2D eigenvalue weighted by Crippen LogP contribution is 2.33. The molecule has 0 bridgehead atoms. The smallest absolute Gasteiger partial charge is 0.416 e. The first-order valence-corrected chi connectivity index (χ1v) is 8.91. The van der Waals surface area contributed by atoms with Crippen molar-refractivity contribution in [1.29, 1.82) is 0 Å². The number of nitrogens with zero attached hydrogens (tertiary/aromatic N) is 3. The first-order chi connectivity index (χ1) is 14.8. The van der Waals surface area contributed by atoms with E-state index < -0.39 is 23.5 Å². The van der Waals surface area contributed by atoms with E-state index in [0.29, 0.717) is 0 Å². The van der Waals surface area contributed by atoms with Gasteiger partial charge in [0, 0.05) is 6.07 Å². The lowest BCUT2D eigenvalue weighted by molar-refractivity contribution is -0.137. The third kappa shape index (κ3) is 5.69. The molecule has 164 valence electrons. The van der Waals surface area contributed by atoms with Crippen LogP contribution in [0, 0.1) is 5.82 Å². The van der Waals surface area contributed by atoms with E-state index >= 15 is 0 Å². The van der Waals surface area contributed by atoms with Gasteiger partial charge in [-0.15, -0.1) is 0 Å². The minimum Gasteiger partial charge on any atom is -0.489 e. The van der Waals surface area contributed by atoms with Gasteiger partial charge in [-0.2, -0.15) is 18.3 Å². The Morgan fingerprint density at radius 1 is 1.16 bits per heavy atom. The van der Waals surface area contributed by atoms with Gasteiger partial charge in [0.1, 0.15) is 30.8 Å². The molecule has 0 radical (unpaired) electrons. The van der Waals surface area contributed by atoms with Crippen molar-refractivity contribution in [3.63, 3.8) is 0 Å². The van der Waals surface area contributed by atoms with E-state index in [1.807, 2.05) is 0 Å². The van der Waals surface area contributed by atoms with E-state index in [1.165, 1.54) is 29.5 Å². The molecule has 0 aliphatic rings. The Morgan fingerprint density at radius 2 is 1.97 bits per heavy atom. The molecule has 0 saturated carbocycles. The number of aliphatic hydroxyl groups is 1. The van der Waals surface area contributed by atoms with Crippen LogP contribution in [0.5, 0.6) is 5.75 Å². The number of ether oxygens (including phenoxy) is 1. The van der Waals surface area contributed by atoms with Crippen molar-refractivity contribution in [1.82, 2.24) is 14.8 Å². The fourth-order valence-corrected chi connectivity index (χ4v) is 2.63. The maximum atomic E-state index is 13.4. The second-order valence-corrected chi connectivity index (χ2v) is 6.18. The number of alkyl halides is 3. The van der Waals surface area contributed by atoms with Crippen LogP contribution >= 0.6 is 0 Å². The number of aromatic nitrogens is 3. The Hall–Kier alpha value is -3.67. The summed E-state index contributed by atoms with van der Waals surface area (Å²) < 4.78 is 59.2. The van der Waals surface area contributed by atoms with E-state index in [0.717, 1.165) is 24.3 Å². The number of benzene rings is 2. The zero-order valence-electron chi connectivity index (χ0n) is 15.9. The summed E-state index contributed by atoms with van der Waals surface area (Å²) in [4.78, 5) is 16.2. The molecule has 3 aromatic rings. The Kier molecular flexibility index (Phi) is 6.70. The van der Waals surface area contributed by atoms with E-state index in [9.17, 15) is 22.4 Å². The molecule has 0 saturated heterocycles. The van der Waals surface area contributed by atoms with Crippen molar-refractivity contribution in [3.05, 3.63) is 60.4 Å². The number of carbonyl (C=O) groups excluding carboxylic acids is 1. The van der Waals surface area contributed by atoms with Crippen LogP contribution in [0.25, 0.3) is 5.69 Å². The molecule has 0 spiro atoms. The average molecular weight is 439 g/mol. The number of hydrogen-bond donors (Lipinski definition) is 3. The van der Waals surface area contributed by atoms with Crippen LogP contribution in [0.4, 0.5) is 28.9 Å². The van der Waals surface area contributed by atoms with Crippen molar-refractivity contribution >= 4 is 17.3 Å². The Labute approximate surface area is 173 Å². The zero-order valence-corrected chi connectivity index (χ0v) is 15.9. The van der Waals surface area contributed by atoms with Gasteiger partial charge in [0.05, 0.1) is 35.8 Å². The van der Waals surface area contributed by atoms with Gasteiger partial charge in [-0.3, -0.25) is 4.79 Å². The van der Waals surface area contributed by atoms with E-state index in [1.54, 1.807) is 0 Å². The predicted molar refractivity (Wildman–Crippen MR) is 102 cm³/mol. The third-order valence-electron chi connectivity index (χ3n) is 4.00. The molecule has 12 heteroatoms. The number of rotatable bonds is 8. The Bertz CT molecular complexity index is 1040. The SMILES string of the molecule is O=C(CNc1ccc(F)cc1OCCO)Nc1cc(C(F)(F)F)ccc1-n1cncn1. The van der Waals surface area contributed by atoms with Gasteiger partial charge in [0.15, 0.2) is 0 Å². The summed E-state index contributed by atoms with van der Waals surface area (Å²) in [5.74, 6) is -1.17. The number of aliphatic hydroxyl groups excluding tert-OH is 1. The molecule has 0 aliphatic heterocycles. The monoisotopic (exact) mass is 439 g/mol. The molecule has 8 nitrogen and oxygen atoms in total. The van der Waals surface area contributed by atoms with Crippen LogP contribution in [0.3, 0.4) is 0 Å². The molecule has 1 heterocycles. The van der Waals surface area contributed by atoms with Crippen LogP contribution in [-0.4, -0.2) is 45.5 Å². The summed E-state index contributed by atoms with van der Waals surface area (Å²) in [6.07, 6.45) is -2.13. The van der Waals surface area contributed by atoms with Crippen LogP contribution in [-0.2, 0) is 11.0 Å². The van der Waals surface area contributed by atoms with Crippen molar-refractivity contribution in [2.75, 3.05) is 30.4 Å². The maximum absolute atomic E-state index is 13.4. The molecule has 3 rings (SSSR count). The highest BCUT2D eigenvalue weighted by Gasteiger charge is 2.31. The van der Waals surface area contributed by atoms with Crippen molar-refractivity contribution < 1.29 is 32.2 Å². The van der Waals surface area contributed by atoms with Crippen LogP contribution in [0.15, 0.2) is 49.1 Å². The largest absolute Gasteiger partial charge is 0.489 e. The van der Waals surface area contributed by atoms with Gasteiger partial charge in [-0.05, 0) is 30.3 Å². The predicted octanol–water partition coefficient (Wildman–Crippen LogP) is 2.85. The lowest BCUT2D eigenvalue weighted by atomic mass is 10.1. The summed E-state index contributed by atoms with van der Waals surface area (Å²) in [6.45, 7) is -0.735. The number of halogens is 4. The van der Waals surface area contributed by atoms with Gasteiger partial charge >= 0.3 is 6.18 Å². The summed E-state index contributed by atoms with van der Waals surface area (Å²) in [5.41, 5.74) is -0.612. The summed E-state index contributed by atoms with van der Waals surface area (Å²) in [5, 5.41) is 17.9. The molecular weight excluding hydrogens is 422 g/mol. The summed E-state index contributed by atoms with van der Waals surface area (Å²) in [7, 11) is 0. The maximum Gasteiger partial charge on any atom is 0.416 e. The number of amides is 1. The van der Waals surface area contributed by atoms with Gasteiger partial charge in [0.25, 0.3) is 0 Å². The molecule has 2 aromatic carbocycles.